The van der Waals surface area contributed by atoms with Gasteiger partial charge >= 0.3 is 0 Å². The summed E-state index contributed by atoms with van der Waals surface area (Å²) in [5.74, 6) is 0. The molecule has 0 amide bonds. The summed E-state index contributed by atoms with van der Waals surface area (Å²) < 4.78 is 0. The van der Waals surface area contributed by atoms with Crippen LogP contribution in [0.1, 0.15) is 53.5 Å². The summed E-state index contributed by atoms with van der Waals surface area (Å²) in [4.78, 5) is 2.31. The van der Waals surface area contributed by atoms with Crippen LogP contribution in [0.25, 0.3) is 0 Å². The van der Waals surface area contributed by atoms with Gasteiger partial charge < -0.3 is 4.90 Å². The Morgan fingerprint density at radius 3 is 2.05 bits per heavy atom. The van der Waals surface area contributed by atoms with E-state index in [0.29, 0.717) is 0 Å². The number of nitrogens with zero attached hydrogens (tertiary/aromatic N) is 1. The van der Waals surface area contributed by atoms with Gasteiger partial charge in [-0.15, -0.1) is 12.4 Å². The van der Waals surface area contributed by atoms with E-state index in [0.717, 1.165) is 0 Å². The van der Waals surface area contributed by atoms with Crippen LogP contribution in [-0.2, 0) is 32.1 Å². The number of fused-ring (bicyclic) bond motifs is 2. The lowest BCUT2D eigenvalue weighted by molar-refractivity contribution is 0.394. The highest BCUT2D eigenvalue weighted by molar-refractivity contribution is 5.85. The molecule has 2 heteroatoms. The maximum Gasteiger partial charge on any atom is -0.00247 e. The van der Waals surface area contributed by atoms with Gasteiger partial charge in [0.25, 0.3) is 0 Å². The van der Waals surface area contributed by atoms with Crippen molar-refractivity contribution >= 4 is 12.4 Å². The van der Waals surface area contributed by atoms with E-state index in [2.05, 4.69) is 25.1 Å². The van der Waals surface area contributed by atoms with Crippen LogP contribution in [0.2, 0.25) is 0 Å². The normalized spacial score (nSPS) is 16.1. The van der Waals surface area contributed by atoms with Crippen molar-refractivity contribution in [1.29, 1.82) is 0 Å². The minimum Gasteiger partial charge on any atom is -0.309 e. The number of aryl methyl sites for hydroxylation is 2. The second-order valence-electron chi connectivity index (χ2n) is 6.60. The standard InChI is InChI=1S/C18H27N.ClH/c1-19(2)12-4-3-9-18-16-10-5-7-14(16)13-15-8-6-11-17(15)18;/h13H,3-12H2,1-2H3;1H. The molecule has 0 aromatic heterocycles. The highest BCUT2D eigenvalue weighted by Crippen LogP contribution is 2.35. The van der Waals surface area contributed by atoms with E-state index in [9.17, 15) is 0 Å². The van der Waals surface area contributed by atoms with Gasteiger partial charge in [0.2, 0.25) is 0 Å². The molecule has 0 heterocycles. The van der Waals surface area contributed by atoms with Crippen LogP contribution in [0.15, 0.2) is 6.07 Å². The van der Waals surface area contributed by atoms with Crippen molar-refractivity contribution in [2.24, 2.45) is 0 Å². The quantitative estimate of drug-likeness (QED) is 0.743. The van der Waals surface area contributed by atoms with Crippen molar-refractivity contribution in [1.82, 2.24) is 4.90 Å². The summed E-state index contributed by atoms with van der Waals surface area (Å²) >= 11 is 0. The summed E-state index contributed by atoms with van der Waals surface area (Å²) in [7, 11) is 4.36. The zero-order valence-corrected chi connectivity index (χ0v) is 13.8. The monoisotopic (exact) mass is 293 g/mol. The highest BCUT2D eigenvalue weighted by Gasteiger charge is 2.23. The van der Waals surface area contributed by atoms with Crippen LogP contribution >= 0.6 is 12.4 Å². The first-order chi connectivity index (χ1) is 9.25. The van der Waals surface area contributed by atoms with Crippen molar-refractivity contribution in [3.8, 4) is 0 Å². The number of hydrogen-bond donors (Lipinski definition) is 0. The first-order valence-corrected chi connectivity index (χ1v) is 8.06. The van der Waals surface area contributed by atoms with E-state index in [1.54, 1.807) is 27.8 Å². The summed E-state index contributed by atoms with van der Waals surface area (Å²) in [6.07, 6.45) is 12.2. The van der Waals surface area contributed by atoms with E-state index in [4.69, 9.17) is 0 Å². The number of halogens is 1. The molecule has 0 N–H and O–H groups in total. The molecule has 20 heavy (non-hydrogen) atoms. The molecule has 0 fully saturated rings. The Hall–Kier alpha value is -0.530. The average Bonchev–Trinajstić information content (AvgIpc) is 3.00. The Bertz CT molecular complexity index is 433. The third-order valence-corrected chi connectivity index (χ3v) is 4.88. The van der Waals surface area contributed by atoms with Gasteiger partial charge in [-0.3, -0.25) is 0 Å². The smallest absolute Gasteiger partial charge is 0.00247 e. The van der Waals surface area contributed by atoms with Crippen LogP contribution in [0.3, 0.4) is 0 Å². The van der Waals surface area contributed by atoms with Gasteiger partial charge in [-0.2, -0.15) is 0 Å². The third-order valence-electron chi connectivity index (χ3n) is 4.88. The van der Waals surface area contributed by atoms with Gasteiger partial charge in [-0.05, 0) is 106 Å². The molecule has 112 valence electrons. The van der Waals surface area contributed by atoms with Crippen LogP contribution in [0.5, 0.6) is 0 Å². The molecule has 2 aliphatic carbocycles. The zero-order valence-electron chi connectivity index (χ0n) is 13.0. The van der Waals surface area contributed by atoms with Crippen LogP contribution in [0, 0.1) is 0 Å². The zero-order chi connectivity index (χ0) is 13.2. The lowest BCUT2D eigenvalue weighted by Crippen LogP contribution is -2.13. The number of hydrogen-bond acceptors (Lipinski definition) is 1. The van der Waals surface area contributed by atoms with Crippen molar-refractivity contribution < 1.29 is 0 Å². The summed E-state index contributed by atoms with van der Waals surface area (Å²) in [6, 6.07) is 2.55. The molecule has 0 unspecified atom stereocenters. The Morgan fingerprint density at radius 1 is 0.900 bits per heavy atom. The fourth-order valence-electron chi connectivity index (χ4n) is 3.97. The number of unbranched alkanes of at least 4 members (excludes halogenated alkanes) is 1. The summed E-state index contributed by atoms with van der Waals surface area (Å²) in [5.41, 5.74) is 8.68. The fraction of sp³-hybridized carbons (Fsp3) is 0.667. The van der Waals surface area contributed by atoms with Gasteiger partial charge in [0, 0.05) is 0 Å². The Kier molecular flexibility index (Phi) is 5.51. The molecule has 1 aromatic rings. The maximum absolute atomic E-state index is 2.55. The van der Waals surface area contributed by atoms with Gasteiger partial charge in [0.1, 0.15) is 0 Å². The van der Waals surface area contributed by atoms with Crippen LogP contribution in [0.4, 0.5) is 0 Å². The number of benzene rings is 1. The van der Waals surface area contributed by atoms with Gasteiger partial charge in [0.05, 0.1) is 0 Å². The third kappa shape index (κ3) is 3.20. The minimum atomic E-state index is 0. The maximum atomic E-state index is 2.55. The van der Waals surface area contributed by atoms with Crippen LogP contribution < -0.4 is 0 Å². The largest absolute Gasteiger partial charge is 0.309 e. The molecule has 0 saturated heterocycles. The van der Waals surface area contributed by atoms with Gasteiger partial charge in [-0.25, -0.2) is 0 Å². The van der Waals surface area contributed by atoms with E-state index >= 15 is 0 Å². The van der Waals surface area contributed by atoms with Crippen molar-refractivity contribution in [2.45, 2.75) is 57.8 Å². The van der Waals surface area contributed by atoms with Crippen molar-refractivity contribution in [3.63, 3.8) is 0 Å². The topological polar surface area (TPSA) is 3.24 Å². The van der Waals surface area contributed by atoms with Crippen molar-refractivity contribution in [3.05, 3.63) is 33.9 Å². The number of rotatable bonds is 5. The SMILES string of the molecule is CN(C)CCCCc1c2c(cc3c1CCC3)CCC2.Cl. The first-order valence-electron chi connectivity index (χ1n) is 8.06. The molecule has 0 bridgehead atoms. The van der Waals surface area contributed by atoms with E-state index in [-0.39, 0.29) is 12.4 Å². The Morgan fingerprint density at radius 2 is 1.50 bits per heavy atom. The predicted molar refractivity (Wildman–Crippen MR) is 89.2 cm³/mol. The van der Waals surface area contributed by atoms with Crippen molar-refractivity contribution in [2.75, 3.05) is 20.6 Å². The summed E-state index contributed by atoms with van der Waals surface area (Å²) in [6.45, 7) is 1.23. The van der Waals surface area contributed by atoms with E-state index < -0.39 is 0 Å². The minimum absolute atomic E-state index is 0. The second-order valence-corrected chi connectivity index (χ2v) is 6.60. The fourth-order valence-corrected chi connectivity index (χ4v) is 3.97. The molecule has 2 aliphatic rings. The molecule has 0 spiro atoms. The molecular weight excluding hydrogens is 266 g/mol. The molecular formula is C18H28ClN. The molecule has 0 radical (unpaired) electrons. The lowest BCUT2D eigenvalue weighted by atomic mass is 9.91. The van der Waals surface area contributed by atoms with Gasteiger partial charge in [0.15, 0.2) is 0 Å². The Labute approximate surface area is 130 Å². The summed E-state index contributed by atoms with van der Waals surface area (Å²) in [5, 5.41) is 0. The van der Waals surface area contributed by atoms with E-state index in [1.807, 2.05) is 0 Å². The first kappa shape index (κ1) is 15.9. The predicted octanol–water partition coefficient (Wildman–Crippen LogP) is 3.97. The Balaban J connectivity index is 0.00000147. The molecule has 1 nitrogen and oxygen atoms in total. The van der Waals surface area contributed by atoms with Gasteiger partial charge in [-0.1, -0.05) is 6.07 Å². The molecule has 0 aliphatic heterocycles. The lowest BCUT2D eigenvalue weighted by Gasteiger charge is -2.16. The molecule has 3 rings (SSSR count). The second kappa shape index (κ2) is 6.95. The molecule has 0 atom stereocenters. The van der Waals surface area contributed by atoms with E-state index in [1.165, 1.54) is 64.3 Å². The average molecular weight is 294 g/mol. The highest BCUT2D eigenvalue weighted by atomic mass is 35.5. The molecule has 0 saturated carbocycles. The van der Waals surface area contributed by atoms with Crippen LogP contribution in [-0.4, -0.2) is 25.5 Å². The molecule has 1 aromatic carbocycles.